The Hall–Kier alpha value is -3.15. The molecule has 2 heterocycles. The SMILES string of the molecule is O=C(Nc1ccccc1N1CCCCC1)c1n[nH]c(=O)c2ccccc12. The van der Waals surface area contributed by atoms with Crippen molar-refractivity contribution >= 4 is 28.1 Å². The van der Waals surface area contributed by atoms with E-state index in [-0.39, 0.29) is 17.2 Å². The summed E-state index contributed by atoms with van der Waals surface area (Å²) in [5.74, 6) is -0.332. The van der Waals surface area contributed by atoms with E-state index in [9.17, 15) is 9.59 Å². The average molecular weight is 348 g/mol. The lowest BCUT2D eigenvalue weighted by molar-refractivity contribution is 0.102. The minimum atomic E-state index is -0.332. The second-order valence-electron chi connectivity index (χ2n) is 6.47. The van der Waals surface area contributed by atoms with Crippen molar-refractivity contribution in [2.45, 2.75) is 19.3 Å². The second kappa shape index (κ2) is 7.00. The van der Waals surface area contributed by atoms with Gasteiger partial charge in [0.2, 0.25) is 0 Å². The third kappa shape index (κ3) is 3.06. The van der Waals surface area contributed by atoms with E-state index in [1.54, 1.807) is 24.3 Å². The molecule has 6 heteroatoms. The van der Waals surface area contributed by atoms with Crippen LogP contribution in [0.4, 0.5) is 11.4 Å². The van der Waals surface area contributed by atoms with Crippen LogP contribution in [0.5, 0.6) is 0 Å². The maximum absolute atomic E-state index is 12.9. The van der Waals surface area contributed by atoms with Gasteiger partial charge in [-0.15, -0.1) is 0 Å². The van der Waals surface area contributed by atoms with E-state index in [0.29, 0.717) is 10.8 Å². The van der Waals surface area contributed by atoms with Gasteiger partial charge in [-0.1, -0.05) is 30.3 Å². The molecule has 1 aromatic heterocycles. The van der Waals surface area contributed by atoms with E-state index in [2.05, 4.69) is 20.4 Å². The van der Waals surface area contributed by atoms with Crippen LogP contribution in [0.15, 0.2) is 53.3 Å². The first kappa shape index (κ1) is 16.3. The molecular weight excluding hydrogens is 328 g/mol. The van der Waals surface area contributed by atoms with Gasteiger partial charge in [-0.05, 0) is 37.5 Å². The monoisotopic (exact) mass is 348 g/mol. The van der Waals surface area contributed by atoms with E-state index in [1.807, 2.05) is 24.3 Å². The van der Waals surface area contributed by atoms with Crippen molar-refractivity contribution in [2.75, 3.05) is 23.3 Å². The molecule has 3 aromatic rings. The molecule has 2 N–H and O–H groups in total. The summed E-state index contributed by atoms with van der Waals surface area (Å²) < 4.78 is 0. The summed E-state index contributed by atoms with van der Waals surface area (Å²) in [7, 11) is 0. The Kier molecular flexibility index (Phi) is 4.39. The highest BCUT2D eigenvalue weighted by Gasteiger charge is 2.18. The molecule has 0 unspecified atom stereocenters. The average Bonchev–Trinajstić information content (AvgIpc) is 2.69. The molecule has 0 atom stereocenters. The summed E-state index contributed by atoms with van der Waals surface area (Å²) in [4.78, 5) is 27.1. The molecular formula is C20H20N4O2. The summed E-state index contributed by atoms with van der Waals surface area (Å²) in [6, 6.07) is 14.8. The number of hydrogen-bond donors (Lipinski definition) is 2. The minimum Gasteiger partial charge on any atom is -0.370 e. The Morgan fingerprint density at radius 3 is 2.46 bits per heavy atom. The first-order chi connectivity index (χ1) is 12.7. The van der Waals surface area contributed by atoms with Crippen molar-refractivity contribution in [3.05, 3.63) is 64.6 Å². The van der Waals surface area contributed by atoms with Gasteiger partial charge in [0.25, 0.3) is 11.5 Å². The molecule has 0 spiro atoms. The molecule has 0 aliphatic carbocycles. The summed E-state index contributed by atoms with van der Waals surface area (Å²) in [5, 5.41) is 10.4. The molecule has 26 heavy (non-hydrogen) atoms. The van der Waals surface area contributed by atoms with Crippen LogP contribution in [0.3, 0.4) is 0 Å². The number of amides is 1. The number of benzene rings is 2. The topological polar surface area (TPSA) is 78.1 Å². The third-order valence-electron chi connectivity index (χ3n) is 4.76. The first-order valence-corrected chi connectivity index (χ1v) is 8.87. The van der Waals surface area contributed by atoms with Crippen LogP contribution in [0.1, 0.15) is 29.8 Å². The predicted molar refractivity (Wildman–Crippen MR) is 103 cm³/mol. The largest absolute Gasteiger partial charge is 0.370 e. The van der Waals surface area contributed by atoms with Crippen LogP contribution in [-0.4, -0.2) is 29.2 Å². The zero-order valence-corrected chi connectivity index (χ0v) is 14.4. The highest BCUT2D eigenvalue weighted by molar-refractivity contribution is 6.12. The number of fused-ring (bicyclic) bond motifs is 1. The Bertz CT molecular complexity index is 1010. The molecule has 2 aromatic carbocycles. The van der Waals surface area contributed by atoms with Gasteiger partial charge in [0, 0.05) is 18.5 Å². The molecule has 1 fully saturated rings. The molecule has 0 bridgehead atoms. The van der Waals surface area contributed by atoms with Gasteiger partial charge in [0.05, 0.1) is 16.8 Å². The number of rotatable bonds is 3. The number of nitrogens with zero attached hydrogens (tertiary/aromatic N) is 2. The number of aromatic nitrogens is 2. The fraction of sp³-hybridized carbons (Fsp3) is 0.250. The fourth-order valence-corrected chi connectivity index (χ4v) is 3.46. The minimum absolute atomic E-state index is 0.216. The van der Waals surface area contributed by atoms with Crippen LogP contribution in [0.2, 0.25) is 0 Å². The first-order valence-electron chi connectivity index (χ1n) is 8.87. The Morgan fingerprint density at radius 1 is 0.962 bits per heavy atom. The lowest BCUT2D eigenvalue weighted by Crippen LogP contribution is -2.30. The summed E-state index contributed by atoms with van der Waals surface area (Å²) in [5.41, 5.74) is 1.70. The van der Waals surface area contributed by atoms with Gasteiger partial charge < -0.3 is 10.2 Å². The number of H-pyrrole nitrogens is 1. The predicted octanol–water partition coefficient (Wildman–Crippen LogP) is 3.17. The number of aromatic amines is 1. The summed E-state index contributed by atoms with van der Waals surface area (Å²) >= 11 is 0. The number of carbonyl (C=O) groups excluding carboxylic acids is 1. The van der Waals surface area contributed by atoms with Crippen LogP contribution >= 0.6 is 0 Å². The van der Waals surface area contributed by atoms with E-state index in [1.165, 1.54) is 6.42 Å². The van der Waals surface area contributed by atoms with Crippen LogP contribution in [0, 0.1) is 0 Å². The number of piperidine rings is 1. The standard InChI is InChI=1S/C20H20N4O2/c25-19-15-9-3-2-8-14(15)18(22-23-19)20(26)21-16-10-4-5-11-17(16)24-12-6-1-7-13-24/h2-5,8-11H,1,6-7,12-13H2,(H,21,26)(H,23,25). The normalized spacial score (nSPS) is 14.4. The molecule has 1 saturated heterocycles. The maximum atomic E-state index is 12.9. The van der Waals surface area contributed by atoms with Crippen LogP contribution < -0.4 is 15.8 Å². The molecule has 1 amide bonds. The van der Waals surface area contributed by atoms with Crippen molar-refractivity contribution in [3.63, 3.8) is 0 Å². The lowest BCUT2D eigenvalue weighted by Gasteiger charge is -2.30. The molecule has 1 aliphatic heterocycles. The Labute approximate surface area is 150 Å². The molecule has 0 radical (unpaired) electrons. The number of anilines is 2. The van der Waals surface area contributed by atoms with Crippen LogP contribution in [0.25, 0.3) is 10.8 Å². The number of hydrogen-bond acceptors (Lipinski definition) is 4. The summed E-state index contributed by atoms with van der Waals surface area (Å²) in [6.45, 7) is 1.99. The zero-order valence-electron chi connectivity index (χ0n) is 14.4. The van der Waals surface area contributed by atoms with E-state index >= 15 is 0 Å². The van der Waals surface area contributed by atoms with Gasteiger partial charge in [0.15, 0.2) is 5.69 Å². The highest BCUT2D eigenvalue weighted by atomic mass is 16.2. The highest BCUT2D eigenvalue weighted by Crippen LogP contribution is 2.28. The van der Waals surface area contributed by atoms with Crippen LogP contribution in [-0.2, 0) is 0 Å². The molecule has 1 aliphatic rings. The quantitative estimate of drug-likeness (QED) is 0.762. The zero-order chi connectivity index (χ0) is 17.9. The number of para-hydroxylation sites is 2. The van der Waals surface area contributed by atoms with Gasteiger partial charge in [-0.2, -0.15) is 5.10 Å². The van der Waals surface area contributed by atoms with Crippen molar-refractivity contribution in [3.8, 4) is 0 Å². The molecule has 4 rings (SSSR count). The maximum Gasteiger partial charge on any atom is 0.276 e. The van der Waals surface area contributed by atoms with Gasteiger partial charge in [-0.3, -0.25) is 9.59 Å². The molecule has 6 nitrogen and oxygen atoms in total. The Balaban J connectivity index is 1.68. The van der Waals surface area contributed by atoms with E-state index in [4.69, 9.17) is 0 Å². The number of nitrogens with one attached hydrogen (secondary N) is 2. The van der Waals surface area contributed by atoms with E-state index < -0.39 is 0 Å². The third-order valence-corrected chi connectivity index (χ3v) is 4.76. The van der Waals surface area contributed by atoms with E-state index in [0.717, 1.165) is 37.3 Å². The molecule has 132 valence electrons. The van der Waals surface area contributed by atoms with Gasteiger partial charge in [0.1, 0.15) is 0 Å². The molecule has 0 saturated carbocycles. The lowest BCUT2D eigenvalue weighted by atomic mass is 10.1. The van der Waals surface area contributed by atoms with Crippen molar-refractivity contribution in [1.29, 1.82) is 0 Å². The number of carbonyl (C=O) groups is 1. The fourth-order valence-electron chi connectivity index (χ4n) is 3.46. The Morgan fingerprint density at radius 2 is 1.65 bits per heavy atom. The van der Waals surface area contributed by atoms with Crippen molar-refractivity contribution < 1.29 is 4.79 Å². The van der Waals surface area contributed by atoms with Gasteiger partial charge in [-0.25, -0.2) is 5.10 Å². The van der Waals surface area contributed by atoms with Crippen molar-refractivity contribution in [2.24, 2.45) is 0 Å². The smallest absolute Gasteiger partial charge is 0.276 e. The van der Waals surface area contributed by atoms with Crippen molar-refractivity contribution in [1.82, 2.24) is 10.2 Å². The summed E-state index contributed by atoms with van der Waals surface area (Å²) in [6.07, 6.45) is 3.57. The second-order valence-corrected chi connectivity index (χ2v) is 6.47. The van der Waals surface area contributed by atoms with Gasteiger partial charge >= 0.3 is 0 Å².